The normalized spacial score (nSPS) is 10.6. The van der Waals surface area contributed by atoms with Crippen molar-refractivity contribution in [3.8, 4) is 11.6 Å². The van der Waals surface area contributed by atoms with Crippen LogP contribution in [-0.4, -0.2) is 41.4 Å². The van der Waals surface area contributed by atoms with Gasteiger partial charge < -0.3 is 21.0 Å². The van der Waals surface area contributed by atoms with Crippen molar-refractivity contribution in [1.82, 2.24) is 24.7 Å². The Kier molecular flexibility index (Phi) is 2.70. The number of hydrogen-bond donors (Lipinski definition) is 3. The average molecular weight is 239 g/mol. The molecule has 0 fully saturated rings. The second-order valence-corrected chi connectivity index (χ2v) is 3.11. The van der Waals surface area contributed by atoms with Gasteiger partial charge in [0, 0.05) is 0 Å². The molecule has 0 aliphatic carbocycles. The van der Waals surface area contributed by atoms with E-state index in [4.69, 9.17) is 10.8 Å². The van der Waals surface area contributed by atoms with E-state index >= 15 is 0 Å². The van der Waals surface area contributed by atoms with Crippen LogP contribution in [0.15, 0.2) is 6.20 Å². The van der Waals surface area contributed by atoms with Crippen LogP contribution in [0.2, 0.25) is 0 Å². The number of nitrogen functional groups attached to an aromatic ring is 1. The van der Waals surface area contributed by atoms with Crippen molar-refractivity contribution in [2.75, 3.05) is 12.3 Å². The zero-order valence-electron chi connectivity index (χ0n) is 8.57. The minimum atomic E-state index is -0.591. The highest BCUT2D eigenvalue weighted by molar-refractivity contribution is 5.49. The van der Waals surface area contributed by atoms with E-state index in [1.54, 1.807) is 0 Å². The van der Waals surface area contributed by atoms with Gasteiger partial charge in [-0.3, -0.25) is 5.10 Å². The van der Waals surface area contributed by atoms with Crippen molar-refractivity contribution >= 4 is 11.8 Å². The lowest BCUT2D eigenvalue weighted by atomic mass is 10.5. The van der Waals surface area contributed by atoms with E-state index in [1.807, 2.05) is 0 Å². The Labute approximate surface area is 94.3 Å². The van der Waals surface area contributed by atoms with Gasteiger partial charge in [-0.25, -0.2) is 9.55 Å². The number of aliphatic hydroxyl groups excluding tert-OH is 1. The molecule has 4 N–H and O–H groups in total. The molecule has 2 aromatic heterocycles. The van der Waals surface area contributed by atoms with E-state index in [0.717, 1.165) is 6.20 Å². The number of rotatable bonds is 4. The second kappa shape index (κ2) is 4.17. The molecule has 2 rings (SSSR count). The van der Waals surface area contributed by atoms with E-state index in [2.05, 4.69) is 20.2 Å². The number of H-pyrrole nitrogens is 1. The van der Waals surface area contributed by atoms with E-state index in [1.165, 1.54) is 4.57 Å². The number of aromatic nitrogens is 5. The lowest BCUT2D eigenvalue weighted by Gasteiger charge is -2.00. The van der Waals surface area contributed by atoms with Gasteiger partial charge in [0.1, 0.15) is 12.7 Å². The highest BCUT2D eigenvalue weighted by Gasteiger charge is 2.23. The highest BCUT2D eigenvalue weighted by atomic mass is 16.6. The van der Waals surface area contributed by atoms with Crippen LogP contribution in [0.3, 0.4) is 0 Å². The predicted octanol–water partition coefficient (Wildman–Crippen LogP) is -0.849. The molecule has 0 atom stereocenters. The van der Waals surface area contributed by atoms with Crippen LogP contribution < -0.4 is 5.73 Å². The molecule has 0 aliphatic heterocycles. The maximum absolute atomic E-state index is 10.7. The monoisotopic (exact) mass is 239 g/mol. The van der Waals surface area contributed by atoms with Crippen molar-refractivity contribution in [3.63, 3.8) is 0 Å². The average Bonchev–Trinajstić information content (AvgIpc) is 2.85. The summed E-state index contributed by atoms with van der Waals surface area (Å²) >= 11 is 0. The zero-order valence-corrected chi connectivity index (χ0v) is 8.57. The number of nitrogens with zero attached hydrogens (tertiary/aromatic N) is 5. The molecule has 0 bridgehead atoms. The topological polar surface area (TPSA) is 149 Å². The lowest BCUT2D eigenvalue weighted by Crippen LogP contribution is -2.08. The van der Waals surface area contributed by atoms with Crippen molar-refractivity contribution < 1.29 is 10.0 Å². The summed E-state index contributed by atoms with van der Waals surface area (Å²) in [5.41, 5.74) is 5.33. The van der Waals surface area contributed by atoms with Gasteiger partial charge in [0.05, 0.1) is 6.61 Å². The molecule has 10 heteroatoms. The Morgan fingerprint density at radius 3 is 2.94 bits per heavy atom. The molecular formula is C7H9N7O3. The number of anilines is 1. The number of hydrogen-bond acceptors (Lipinski definition) is 7. The van der Waals surface area contributed by atoms with Crippen molar-refractivity contribution in [2.24, 2.45) is 0 Å². The molecule has 0 radical (unpaired) electrons. The minimum Gasteiger partial charge on any atom is -0.392 e. The lowest BCUT2D eigenvalue weighted by molar-refractivity contribution is -0.392. The van der Waals surface area contributed by atoms with E-state index < -0.39 is 4.92 Å². The SMILES string of the molecule is Nc1n[nH]c(-c2ncc([N+](=O)[O-])n2CCO)n1. The summed E-state index contributed by atoms with van der Waals surface area (Å²) in [6.07, 6.45) is 1.09. The molecule has 0 spiro atoms. The Morgan fingerprint density at radius 1 is 1.65 bits per heavy atom. The standard InChI is InChI=1S/C7H9N7O3/c8-7-10-5(11-12-7)6-9-3-4(14(16)17)13(6)1-2-15/h3,15H,1-2H2,(H3,8,10,11,12). The third-order valence-electron chi connectivity index (χ3n) is 2.06. The summed E-state index contributed by atoms with van der Waals surface area (Å²) in [4.78, 5) is 17.8. The van der Waals surface area contributed by atoms with Crippen LogP contribution in [-0.2, 0) is 6.54 Å². The quantitative estimate of drug-likeness (QED) is 0.464. The summed E-state index contributed by atoms with van der Waals surface area (Å²) < 4.78 is 1.22. The smallest absolute Gasteiger partial charge is 0.343 e. The first-order chi connectivity index (χ1) is 8.13. The van der Waals surface area contributed by atoms with Crippen LogP contribution in [0.4, 0.5) is 11.8 Å². The molecule has 0 aliphatic rings. The van der Waals surface area contributed by atoms with Crippen molar-refractivity contribution in [3.05, 3.63) is 16.3 Å². The first-order valence-electron chi connectivity index (χ1n) is 4.62. The minimum absolute atomic E-state index is 0.0150. The molecule has 0 saturated heterocycles. The van der Waals surface area contributed by atoms with Gasteiger partial charge in [-0.15, -0.1) is 5.10 Å². The maximum Gasteiger partial charge on any atom is 0.343 e. The molecule has 0 saturated carbocycles. The van der Waals surface area contributed by atoms with Crippen molar-refractivity contribution in [2.45, 2.75) is 6.54 Å². The number of nitrogens with two attached hydrogens (primary N) is 1. The van der Waals surface area contributed by atoms with Crippen LogP contribution >= 0.6 is 0 Å². The summed E-state index contributed by atoms with van der Waals surface area (Å²) in [5.74, 6) is 0.198. The molecule has 0 amide bonds. The molecule has 0 unspecified atom stereocenters. The van der Waals surface area contributed by atoms with Crippen molar-refractivity contribution in [1.29, 1.82) is 0 Å². The number of nitro groups is 1. The molecule has 0 aromatic carbocycles. The zero-order chi connectivity index (χ0) is 12.4. The van der Waals surface area contributed by atoms with Gasteiger partial charge in [0.25, 0.3) is 5.82 Å². The summed E-state index contributed by atoms with van der Waals surface area (Å²) in [6, 6.07) is 0. The second-order valence-electron chi connectivity index (χ2n) is 3.11. The first-order valence-corrected chi connectivity index (χ1v) is 4.62. The van der Waals surface area contributed by atoms with Crippen LogP contribution in [0, 0.1) is 10.1 Å². The molecule has 2 heterocycles. The largest absolute Gasteiger partial charge is 0.392 e. The summed E-state index contributed by atoms with van der Waals surface area (Å²) in [7, 11) is 0. The Balaban J connectivity index is 2.50. The van der Waals surface area contributed by atoms with Crippen LogP contribution in [0.1, 0.15) is 0 Å². The van der Waals surface area contributed by atoms with Gasteiger partial charge in [-0.05, 0) is 4.92 Å². The fourth-order valence-corrected chi connectivity index (χ4v) is 1.40. The van der Waals surface area contributed by atoms with Gasteiger partial charge in [-0.1, -0.05) is 0 Å². The number of nitrogens with one attached hydrogen (secondary N) is 1. The number of imidazole rings is 1. The van der Waals surface area contributed by atoms with Gasteiger partial charge in [0.15, 0.2) is 0 Å². The third-order valence-corrected chi connectivity index (χ3v) is 2.06. The third kappa shape index (κ3) is 1.92. The predicted molar refractivity (Wildman–Crippen MR) is 55.8 cm³/mol. The van der Waals surface area contributed by atoms with Crippen LogP contribution in [0.5, 0.6) is 0 Å². The Bertz CT molecular complexity index is 545. The van der Waals surface area contributed by atoms with Crippen LogP contribution in [0.25, 0.3) is 11.6 Å². The molecule has 90 valence electrons. The summed E-state index contributed by atoms with van der Waals surface area (Å²) in [5, 5.41) is 25.7. The molecule has 17 heavy (non-hydrogen) atoms. The van der Waals surface area contributed by atoms with Gasteiger partial charge in [-0.2, -0.15) is 4.98 Å². The molecular weight excluding hydrogens is 230 g/mol. The Morgan fingerprint density at radius 2 is 2.41 bits per heavy atom. The first kappa shape index (κ1) is 11.0. The maximum atomic E-state index is 10.7. The Hall–Kier alpha value is -2.49. The number of aliphatic hydroxyl groups is 1. The van der Waals surface area contributed by atoms with E-state index in [-0.39, 0.29) is 36.6 Å². The van der Waals surface area contributed by atoms with E-state index in [0.29, 0.717) is 0 Å². The highest BCUT2D eigenvalue weighted by Crippen LogP contribution is 2.21. The van der Waals surface area contributed by atoms with Gasteiger partial charge in [0.2, 0.25) is 11.8 Å². The summed E-state index contributed by atoms with van der Waals surface area (Å²) in [6.45, 7) is -0.222. The van der Waals surface area contributed by atoms with E-state index in [9.17, 15) is 10.1 Å². The van der Waals surface area contributed by atoms with Gasteiger partial charge >= 0.3 is 5.82 Å². The fraction of sp³-hybridized carbons (Fsp3) is 0.286. The molecule has 10 nitrogen and oxygen atoms in total. The fourth-order valence-electron chi connectivity index (χ4n) is 1.40. The number of aromatic amines is 1. The molecule has 2 aromatic rings.